The van der Waals surface area contributed by atoms with E-state index in [1.54, 1.807) is 0 Å². The third-order valence-corrected chi connectivity index (χ3v) is 0.948. The summed E-state index contributed by atoms with van der Waals surface area (Å²) >= 11 is -1.49. The van der Waals surface area contributed by atoms with Gasteiger partial charge in [-0.3, -0.25) is 0 Å². The maximum absolute atomic E-state index is 9.83. The normalized spacial score (nSPS) is 13.8. The van der Waals surface area contributed by atoms with E-state index in [4.69, 9.17) is 0 Å². The molecule has 9 heteroatoms. The van der Waals surface area contributed by atoms with Gasteiger partial charge in [0.2, 0.25) is 0 Å². The van der Waals surface area contributed by atoms with E-state index in [0.29, 0.717) is 0 Å². The molecule has 0 N–H and O–H groups in total. The molecule has 0 rings (SSSR count). The van der Waals surface area contributed by atoms with Gasteiger partial charge in [0.15, 0.2) is 0 Å². The van der Waals surface area contributed by atoms with Crippen LogP contribution in [-0.4, -0.2) is 5.54 Å². The van der Waals surface area contributed by atoms with Crippen molar-refractivity contribution in [3.8, 4) is 0 Å². The summed E-state index contributed by atoms with van der Waals surface area (Å²) in [5, 5.41) is 19.6. The predicted octanol–water partition coefficient (Wildman–Crippen LogP) is 2.50. The average molecular weight is 366 g/mol. The van der Waals surface area contributed by atoms with E-state index in [0.717, 1.165) is 0 Å². The summed E-state index contributed by atoms with van der Waals surface area (Å²) in [5.41, 5.74) is -0.291. The molecule has 0 amide bonds. The van der Waals surface area contributed by atoms with Gasteiger partial charge >= 0.3 is 82.9 Å². The molecule has 0 heterocycles. The van der Waals surface area contributed by atoms with Crippen molar-refractivity contribution >= 4 is 0 Å². The Hall–Kier alpha value is -0.912. The van der Waals surface area contributed by atoms with Crippen LogP contribution in [0.4, 0.5) is 0 Å². The topological polar surface area (TPSA) is 104 Å². The zero-order chi connectivity index (χ0) is 10.2. The second kappa shape index (κ2) is 6.59. The molecule has 0 saturated carbocycles. The van der Waals surface area contributed by atoms with Gasteiger partial charge in [0, 0.05) is 0 Å². The summed E-state index contributed by atoms with van der Waals surface area (Å²) in [6.45, 7) is 5.60. The first kappa shape index (κ1) is 12.1. The van der Waals surface area contributed by atoms with E-state index in [1.807, 2.05) is 20.8 Å². The van der Waals surface area contributed by atoms with Gasteiger partial charge in [0.1, 0.15) is 0 Å². The number of nitrogens with zero attached hydrogens (tertiary/aromatic N) is 7. The fourth-order valence-corrected chi connectivity index (χ4v) is 0.406. The van der Waals surface area contributed by atoms with Gasteiger partial charge in [-0.2, -0.15) is 0 Å². The van der Waals surface area contributed by atoms with Crippen molar-refractivity contribution in [2.45, 2.75) is 26.3 Å². The van der Waals surface area contributed by atoms with Gasteiger partial charge in [-0.05, 0) is 0 Å². The Bertz CT molecular complexity index is 271. The summed E-state index contributed by atoms with van der Waals surface area (Å²) in [5.74, 6) is 0. The zero-order valence-corrected chi connectivity index (χ0v) is 9.63. The van der Waals surface area contributed by atoms with Crippen molar-refractivity contribution in [3.05, 3.63) is 0 Å². The maximum atomic E-state index is 9.83. The molecule has 0 bridgehead atoms. The Morgan fingerprint density at radius 1 is 0.923 bits per heavy atom. The Morgan fingerprint density at radius 3 is 2.00 bits per heavy atom. The van der Waals surface area contributed by atoms with E-state index in [2.05, 4.69) is 34.8 Å². The number of rotatable bonds is 3. The fourth-order valence-electron chi connectivity index (χ4n) is 0.232. The molecule has 0 aromatic rings. The van der Waals surface area contributed by atoms with E-state index in [9.17, 15) is 3.40 Å². The second-order valence-corrected chi connectivity index (χ2v) is 3.71. The van der Waals surface area contributed by atoms with Gasteiger partial charge in [-0.1, -0.05) is 0 Å². The van der Waals surface area contributed by atoms with Crippen molar-refractivity contribution in [3.63, 3.8) is 0 Å². The molecule has 0 aliphatic rings. The van der Waals surface area contributed by atoms with Crippen molar-refractivity contribution in [2.75, 3.05) is 0 Å². The Morgan fingerprint density at radius 2 is 1.46 bits per heavy atom. The van der Waals surface area contributed by atoms with Crippen LogP contribution in [0.2, 0.25) is 0 Å². The molecule has 0 aromatic heterocycles. The van der Waals surface area contributed by atoms with Crippen LogP contribution in [-0.2, 0) is 21.7 Å². The Labute approximate surface area is 83.3 Å². The molecule has 0 atom stereocenters. The molecule has 8 nitrogen and oxygen atoms in total. The minimum atomic E-state index is -1.49. The molecule has 0 spiro atoms. The van der Waals surface area contributed by atoms with Gasteiger partial charge in [-0.15, -0.1) is 0 Å². The summed E-state index contributed by atoms with van der Waals surface area (Å²) in [4.78, 5) is 0. The summed E-state index contributed by atoms with van der Waals surface area (Å²) in [6.07, 6.45) is 0. The fraction of sp³-hybridized carbons (Fsp3) is 1.00. The van der Waals surface area contributed by atoms with Crippen LogP contribution in [0.15, 0.2) is 34.8 Å². The Balaban J connectivity index is 3.89. The van der Waals surface area contributed by atoms with E-state index in [-0.39, 0.29) is 5.54 Å². The molecule has 0 fully saturated rings. The van der Waals surface area contributed by atoms with Gasteiger partial charge in [0.25, 0.3) is 0 Å². The van der Waals surface area contributed by atoms with Crippen LogP contribution < -0.4 is 0 Å². The summed E-state index contributed by atoms with van der Waals surface area (Å²) in [6, 6.07) is 0. The van der Waals surface area contributed by atoms with Crippen molar-refractivity contribution in [1.29, 1.82) is 0 Å². The molecule has 76 valence electrons. The van der Waals surface area contributed by atoms with Crippen LogP contribution >= 0.6 is 0 Å². The molecule has 0 aliphatic carbocycles. The monoisotopic (exact) mass is 366 g/mol. The number of hydrogen-bond donors (Lipinski definition) is 0. The molecule has 0 radical (unpaired) electrons. The molecule has 0 aromatic carbocycles. The van der Waals surface area contributed by atoms with Crippen LogP contribution in [0.1, 0.15) is 20.8 Å². The average Bonchev–Trinajstić information content (AvgIpc) is 2.01. The first-order valence-corrected chi connectivity index (χ1v) is 5.14. The van der Waals surface area contributed by atoms with Crippen molar-refractivity contribution < 1.29 is 21.7 Å². The number of hydrogen-bond acceptors (Lipinski definition) is 3. The first-order chi connectivity index (χ1) is 6.06. The van der Waals surface area contributed by atoms with Crippen molar-refractivity contribution in [1.82, 2.24) is 0 Å². The summed E-state index contributed by atoms with van der Waals surface area (Å²) < 4.78 is 12.9. The minimum absolute atomic E-state index is 0.291. The molecule has 0 saturated heterocycles. The quantitative estimate of drug-likeness (QED) is 0.556. The molecular formula is C4H9N7OPt. The van der Waals surface area contributed by atoms with Gasteiger partial charge < -0.3 is 0 Å². The standard InChI is InChI=1S/C4H9N7.O.Pt/c1-4(2,3)6-8-10-11-9-7-5;;/h1-3H3;;/b8-6?,9-7+,11-10+;;. The van der Waals surface area contributed by atoms with Gasteiger partial charge in [0.05, 0.1) is 0 Å². The SMILES string of the molecule is CC(C)(C)N=N/N=N/N=N/[N]=[Pt]=[O]. The van der Waals surface area contributed by atoms with E-state index < -0.39 is 18.3 Å². The third kappa shape index (κ3) is 11.1. The predicted molar refractivity (Wildman–Crippen MR) is 37.4 cm³/mol. The molecular weight excluding hydrogens is 357 g/mol. The van der Waals surface area contributed by atoms with Crippen LogP contribution in [0, 0.1) is 0 Å². The molecule has 0 unspecified atom stereocenters. The van der Waals surface area contributed by atoms with Crippen LogP contribution in [0.25, 0.3) is 0 Å². The zero-order valence-electron chi connectivity index (χ0n) is 7.35. The first-order valence-electron chi connectivity index (χ1n) is 3.19. The second-order valence-electron chi connectivity index (χ2n) is 2.84. The van der Waals surface area contributed by atoms with E-state index >= 15 is 0 Å². The Kier molecular flexibility index (Phi) is 6.13. The van der Waals surface area contributed by atoms with Crippen molar-refractivity contribution in [2.24, 2.45) is 34.8 Å². The third-order valence-electron chi connectivity index (χ3n) is 0.559. The molecule has 13 heavy (non-hydrogen) atoms. The summed E-state index contributed by atoms with van der Waals surface area (Å²) in [7, 11) is 0. The van der Waals surface area contributed by atoms with Gasteiger partial charge in [-0.25, -0.2) is 0 Å². The molecule has 0 aliphatic heterocycles. The van der Waals surface area contributed by atoms with Crippen LogP contribution in [0.3, 0.4) is 0 Å². The van der Waals surface area contributed by atoms with E-state index in [1.165, 1.54) is 0 Å². The van der Waals surface area contributed by atoms with Crippen LogP contribution in [0.5, 0.6) is 0 Å².